The van der Waals surface area contributed by atoms with E-state index in [9.17, 15) is 18.0 Å². The lowest BCUT2D eigenvalue weighted by Gasteiger charge is -2.31. The van der Waals surface area contributed by atoms with E-state index in [1.54, 1.807) is 51.1 Å². The number of alkyl halides is 3. The van der Waals surface area contributed by atoms with Crippen molar-refractivity contribution < 1.29 is 27.4 Å². The van der Waals surface area contributed by atoms with Gasteiger partial charge >= 0.3 is 12.5 Å². The van der Waals surface area contributed by atoms with Crippen molar-refractivity contribution in [2.75, 3.05) is 6.54 Å². The predicted molar refractivity (Wildman–Crippen MR) is 128 cm³/mol. The zero-order chi connectivity index (χ0) is 26.5. The Labute approximate surface area is 211 Å². The molecule has 36 heavy (non-hydrogen) atoms. The summed E-state index contributed by atoms with van der Waals surface area (Å²) in [5, 5.41) is 18.4. The maximum atomic E-state index is 13.0. The molecule has 0 unspecified atom stereocenters. The highest BCUT2D eigenvalue weighted by Gasteiger charge is 2.32. The molecule has 1 amide bonds. The number of amides is 1. The summed E-state index contributed by atoms with van der Waals surface area (Å²) in [5.41, 5.74) is 1.06. The molecule has 1 atom stereocenters. The van der Waals surface area contributed by atoms with Gasteiger partial charge in [-0.15, -0.1) is 23.4 Å². The van der Waals surface area contributed by atoms with Crippen molar-refractivity contribution in [1.29, 1.82) is 5.26 Å². The van der Waals surface area contributed by atoms with Crippen LogP contribution in [0.1, 0.15) is 49.9 Å². The van der Waals surface area contributed by atoms with Crippen molar-refractivity contribution in [2.45, 2.75) is 52.1 Å². The highest BCUT2D eigenvalue weighted by Crippen LogP contribution is 2.34. The van der Waals surface area contributed by atoms with Gasteiger partial charge in [0.2, 0.25) is 0 Å². The van der Waals surface area contributed by atoms with Crippen LogP contribution in [0.15, 0.2) is 48.5 Å². The molecule has 190 valence electrons. The number of hydrogen-bond acceptors (Lipinski definition) is 7. The third-order valence-corrected chi connectivity index (χ3v) is 5.97. The molecule has 7 nitrogen and oxygen atoms in total. The summed E-state index contributed by atoms with van der Waals surface area (Å²) in [6, 6.07) is 14.0. The average Bonchev–Trinajstić information content (AvgIpc) is 3.27. The Balaban J connectivity index is 1.96. The third-order valence-electron chi connectivity index (χ3n) is 4.90. The lowest BCUT2D eigenvalue weighted by atomic mass is 10.0. The third kappa shape index (κ3) is 7.42. The van der Waals surface area contributed by atoms with Gasteiger partial charge in [0.15, 0.2) is 0 Å². The topological polar surface area (TPSA) is 88.3 Å². The van der Waals surface area contributed by atoms with Crippen LogP contribution in [-0.2, 0) is 11.2 Å². The van der Waals surface area contributed by atoms with E-state index in [-0.39, 0.29) is 5.75 Å². The molecular formula is C25H25F3N4O3S. The van der Waals surface area contributed by atoms with Crippen LogP contribution in [0.5, 0.6) is 5.75 Å². The SMILES string of the molecule is CCN(C(=O)OC(C)(C)C)[C@H](Cc1ccc(C#N)cc1)c1nnc(-c2cccc(OC(F)(F)F)c2)s1. The first-order chi connectivity index (χ1) is 16.9. The van der Waals surface area contributed by atoms with Gasteiger partial charge in [0.25, 0.3) is 0 Å². The molecule has 0 saturated carbocycles. The Morgan fingerprint density at radius 3 is 2.42 bits per heavy atom. The average molecular weight is 519 g/mol. The van der Waals surface area contributed by atoms with Crippen LogP contribution in [0.25, 0.3) is 10.6 Å². The molecule has 0 aliphatic carbocycles. The molecule has 3 rings (SSSR count). The summed E-state index contributed by atoms with van der Waals surface area (Å²) < 4.78 is 47.6. The molecule has 0 radical (unpaired) electrons. The largest absolute Gasteiger partial charge is 0.573 e. The van der Waals surface area contributed by atoms with Crippen molar-refractivity contribution in [1.82, 2.24) is 15.1 Å². The van der Waals surface area contributed by atoms with Crippen molar-refractivity contribution >= 4 is 17.4 Å². The minimum Gasteiger partial charge on any atom is -0.444 e. The first-order valence-corrected chi connectivity index (χ1v) is 11.9. The standard InChI is InChI=1S/C25H25F3N4O3S/c1-5-32(23(33)35-24(2,3)4)20(13-16-9-11-17(15-29)12-10-16)22-31-30-21(36-22)18-7-6-8-19(14-18)34-25(26,27)28/h6-12,14,20H,5,13H2,1-4H3/t20-/m1/s1. The van der Waals surface area contributed by atoms with E-state index in [4.69, 9.17) is 10.00 Å². The number of nitrogens with zero attached hydrogens (tertiary/aromatic N) is 4. The number of halogens is 3. The van der Waals surface area contributed by atoms with Gasteiger partial charge in [-0.1, -0.05) is 35.6 Å². The summed E-state index contributed by atoms with van der Waals surface area (Å²) in [4.78, 5) is 14.6. The second-order valence-electron chi connectivity index (χ2n) is 8.82. The fourth-order valence-electron chi connectivity index (χ4n) is 3.38. The van der Waals surface area contributed by atoms with E-state index in [0.717, 1.165) is 5.56 Å². The van der Waals surface area contributed by atoms with Gasteiger partial charge in [-0.25, -0.2) is 4.79 Å². The summed E-state index contributed by atoms with van der Waals surface area (Å²) in [5.74, 6) is -0.366. The monoisotopic (exact) mass is 518 g/mol. The minimum absolute atomic E-state index is 0.319. The van der Waals surface area contributed by atoms with Crippen molar-refractivity contribution in [3.8, 4) is 22.4 Å². The predicted octanol–water partition coefficient (Wildman–Crippen LogP) is 6.52. The summed E-state index contributed by atoms with van der Waals surface area (Å²) in [7, 11) is 0. The maximum Gasteiger partial charge on any atom is 0.573 e. The van der Waals surface area contributed by atoms with Crippen molar-refractivity contribution in [3.63, 3.8) is 0 Å². The molecule has 1 heterocycles. The molecule has 11 heteroatoms. The Kier molecular flexibility index (Phi) is 8.20. The Morgan fingerprint density at radius 2 is 1.83 bits per heavy atom. The fourth-order valence-corrected chi connectivity index (χ4v) is 4.33. The van der Waals surface area contributed by atoms with Gasteiger partial charge < -0.3 is 9.47 Å². The molecule has 0 spiro atoms. The van der Waals surface area contributed by atoms with E-state index in [1.165, 1.54) is 34.4 Å². The number of nitriles is 1. The Morgan fingerprint density at radius 1 is 1.14 bits per heavy atom. The van der Waals surface area contributed by atoms with Crippen LogP contribution in [-0.4, -0.2) is 39.7 Å². The van der Waals surface area contributed by atoms with Crippen LogP contribution < -0.4 is 4.74 Å². The Hall–Kier alpha value is -3.65. The van der Waals surface area contributed by atoms with Crippen LogP contribution in [0.2, 0.25) is 0 Å². The van der Waals surface area contributed by atoms with Crippen LogP contribution >= 0.6 is 11.3 Å². The number of ether oxygens (including phenoxy) is 2. The number of aromatic nitrogens is 2. The van der Waals surface area contributed by atoms with Crippen LogP contribution in [0.3, 0.4) is 0 Å². The van der Waals surface area contributed by atoms with Crippen LogP contribution in [0.4, 0.5) is 18.0 Å². The molecule has 0 aliphatic rings. The normalized spacial score (nSPS) is 12.5. The molecule has 0 bridgehead atoms. The summed E-state index contributed by atoms with van der Waals surface area (Å²) in [6.07, 6.45) is -4.97. The van der Waals surface area contributed by atoms with Gasteiger partial charge in [-0.2, -0.15) is 5.26 Å². The number of rotatable bonds is 7. The van der Waals surface area contributed by atoms with Gasteiger partial charge in [0.1, 0.15) is 21.4 Å². The number of hydrogen-bond donors (Lipinski definition) is 0. The number of carbonyl (C=O) groups is 1. The van der Waals surface area contributed by atoms with E-state index in [2.05, 4.69) is 21.0 Å². The van der Waals surface area contributed by atoms with Gasteiger partial charge in [-0.05, 0) is 63.9 Å². The second kappa shape index (κ2) is 11.0. The first kappa shape index (κ1) is 26.9. The second-order valence-corrected chi connectivity index (χ2v) is 9.83. The number of carbonyl (C=O) groups excluding carboxylic acids is 1. The number of benzene rings is 2. The zero-order valence-corrected chi connectivity index (χ0v) is 21.0. The van der Waals surface area contributed by atoms with E-state index in [1.807, 2.05) is 6.92 Å². The van der Waals surface area contributed by atoms with Crippen LogP contribution in [0, 0.1) is 11.3 Å². The lowest BCUT2D eigenvalue weighted by Crippen LogP contribution is -2.40. The minimum atomic E-state index is -4.81. The smallest absolute Gasteiger partial charge is 0.444 e. The Bertz CT molecular complexity index is 1230. The molecule has 1 aromatic heterocycles. The lowest BCUT2D eigenvalue weighted by molar-refractivity contribution is -0.274. The molecular weight excluding hydrogens is 493 g/mol. The highest BCUT2D eigenvalue weighted by molar-refractivity contribution is 7.14. The molecule has 0 saturated heterocycles. The summed E-state index contributed by atoms with van der Waals surface area (Å²) in [6.45, 7) is 7.45. The first-order valence-electron chi connectivity index (χ1n) is 11.1. The van der Waals surface area contributed by atoms with E-state index >= 15 is 0 Å². The molecule has 0 fully saturated rings. The zero-order valence-electron chi connectivity index (χ0n) is 20.2. The van der Waals surface area contributed by atoms with Crippen molar-refractivity contribution in [3.05, 3.63) is 64.7 Å². The van der Waals surface area contributed by atoms with E-state index < -0.39 is 24.1 Å². The van der Waals surface area contributed by atoms with Gasteiger partial charge in [0.05, 0.1) is 17.7 Å². The molecule has 2 aromatic carbocycles. The van der Waals surface area contributed by atoms with Gasteiger partial charge in [0, 0.05) is 12.1 Å². The molecule has 3 aromatic rings. The molecule has 0 N–H and O–H groups in total. The highest BCUT2D eigenvalue weighted by atomic mass is 32.1. The number of likely N-dealkylation sites (N-methyl/N-ethyl adjacent to an activating group) is 1. The summed E-state index contributed by atoms with van der Waals surface area (Å²) >= 11 is 1.17. The maximum absolute atomic E-state index is 13.0. The van der Waals surface area contributed by atoms with Gasteiger partial charge in [-0.3, -0.25) is 4.90 Å². The van der Waals surface area contributed by atoms with E-state index in [0.29, 0.717) is 34.1 Å². The molecule has 0 aliphatic heterocycles. The fraction of sp³-hybridized carbons (Fsp3) is 0.360. The quantitative estimate of drug-likeness (QED) is 0.354. The van der Waals surface area contributed by atoms with Crippen molar-refractivity contribution in [2.24, 2.45) is 0 Å².